The molecule has 0 saturated heterocycles. The van der Waals surface area contributed by atoms with E-state index in [1.54, 1.807) is 6.07 Å². The molecule has 1 amide bonds. The fourth-order valence-electron chi connectivity index (χ4n) is 1.25. The van der Waals surface area contributed by atoms with Crippen LogP contribution in [-0.2, 0) is 0 Å². The minimum atomic E-state index is -0.426. The third-order valence-electron chi connectivity index (χ3n) is 2.65. The summed E-state index contributed by atoms with van der Waals surface area (Å²) in [6.45, 7) is 8.34. The van der Waals surface area contributed by atoms with Gasteiger partial charge in [-0.2, -0.15) is 0 Å². The molecule has 0 aromatic carbocycles. The second kappa shape index (κ2) is 3.48. The van der Waals surface area contributed by atoms with Crippen LogP contribution in [0.1, 0.15) is 49.7 Å². The highest BCUT2D eigenvalue weighted by atomic mass is 16.3. The quantitative estimate of drug-likeness (QED) is 0.788. The van der Waals surface area contributed by atoms with Crippen LogP contribution in [0.15, 0.2) is 16.7 Å². The van der Waals surface area contributed by atoms with E-state index in [0.717, 1.165) is 0 Å². The average Bonchev–Trinajstić information content (AvgIpc) is 2.48. The molecule has 2 N–H and O–H groups in total. The lowest BCUT2D eigenvalue weighted by Crippen LogP contribution is -2.19. The molecule has 1 heterocycles. The van der Waals surface area contributed by atoms with E-state index in [-0.39, 0.29) is 11.3 Å². The van der Waals surface area contributed by atoms with E-state index in [4.69, 9.17) is 10.2 Å². The predicted octanol–water partition coefficient (Wildman–Crippen LogP) is 2.53. The molecule has 14 heavy (non-hydrogen) atoms. The van der Waals surface area contributed by atoms with Gasteiger partial charge in [-0.3, -0.25) is 4.79 Å². The van der Waals surface area contributed by atoms with Crippen LogP contribution in [0.3, 0.4) is 0 Å². The molecule has 1 rings (SSSR count). The number of nitrogens with two attached hydrogens (primary N) is 1. The molecule has 78 valence electrons. The average molecular weight is 195 g/mol. The molecule has 1 aromatic heterocycles. The van der Waals surface area contributed by atoms with Crippen molar-refractivity contribution in [2.45, 2.75) is 33.6 Å². The van der Waals surface area contributed by atoms with Gasteiger partial charge in [0, 0.05) is 5.92 Å². The van der Waals surface area contributed by atoms with Crippen molar-refractivity contribution in [1.82, 2.24) is 0 Å². The van der Waals surface area contributed by atoms with Crippen molar-refractivity contribution in [3.63, 3.8) is 0 Å². The first-order valence-electron chi connectivity index (χ1n) is 4.71. The largest absolute Gasteiger partial charge is 0.468 e. The Bertz CT molecular complexity index is 333. The van der Waals surface area contributed by atoms with Gasteiger partial charge in [0.15, 0.2) is 0 Å². The van der Waals surface area contributed by atoms with Gasteiger partial charge in [-0.1, -0.05) is 27.7 Å². The van der Waals surface area contributed by atoms with Crippen molar-refractivity contribution in [3.8, 4) is 0 Å². The molecule has 1 aromatic rings. The topological polar surface area (TPSA) is 56.2 Å². The van der Waals surface area contributed by atoms with E-state index in [9.17, 15) is 4.79 Å². The van der Waals surface area contributed by atoms with E-state index in [2.05, 4.69) is 20.8 Å². The summed E-state index contributed by atoms with van der Waals surface area (Å²) in [4.78, 5) is 11.1. The van der Waals surface area contributed by atoms with Gasteiger partial charge < -0.3 is 10.2 Å². The highest BCUT2D eigenvalue weighted by Gasteiger charge is 2.27. The molecular weight excluding hydrogens is 178 g/mol. The van der Waals surface area contributed by atoms with E-state index < -0.39 is 5.91 Å². The fraction of sp³-hybridized carbons (Fsp3) is 0.545. The third kappa shape index (κ3) is 1.97. The summed E-state index contributed by atoms with van der Waals surface area (Å²) in [5, 5.41) is 0. The first-order valence-corrected chi connectivity index (χ1v) is 4.71. The summed E-state index contributed by atoms with van der Waals surface area (Å²) in [5.74, 6) is 0.426. The smallest absolute Gasteiger partial charge is 0.252 e. The van der Waals surface area contributed by atoms with Gasteiger partial charge in [0.25, 0.3) is 5.91 Å². The van der Waals surface area contributed by atoms with Crippen molar-refractivity contribution in [2.24, 2.45) is 11.1 Å². The molecule has 3 nitrogen and oxygen atoms in total. The van der Waals surface area contributed by atoms with Gasteiger partial charge in [-0.15, -0.1) is 0 Å². The zero-order valence-corrected chi connectivity index (χ0v) is 9.13. The number of primary amides is 1. The van der Waals surface area contributed by atoms with Crippen molar-refractivity contribution in [3.05, 3.63) is 23.7 Å². The van der Waals surface area contributed by atoms with E-state index in [1.165, 1.54) is 6.26 Å². The Morgan fingerprint density at radius 2 is 2.07 bits per heavy atom. The number of furan rings is 1. The standard InChI is InChI=1S/C11H17NO2/c1-7(11(2,3)4)9-8(10(12)13)5-6-14-9/h5-7H,1-4H3,(H2,12,13)/t7-/m1/s1. The van der Waals surface area contributed by atoms with Crippen LogP contribution in [0.5, 0.6) is 0 Å². The molecule has 3 heteroatoms. The van der Waals surface area contributed by atoms with Crippen LogP contribution in [-0.4, -0.2) is 5.91 Å². The number of hydrogen-bond acceptors (Lipinski definition) is 2. The molecule has 0 aliphatic heterocycles. The molecule has 0 bridgehead atoms. The van der Waals surface area contributed by atoms with Crippen molar-refractivity contribution >= 4 is 5.91 Å². The molecule has 0 aliphatic carbocycles. The first-order chi connectivity index (χ1) is 6.34. The second-order valence-electron chi connectivity index (χ2n) is 4.65. The number of rotatable bonds is 2. The lowest BCUT2D eigenvalue weighted by Gasteiger charge is -2.25. The second-order valence-corrected chi connectivity index (χ2v) is 4.65. The molecule has 0 fully saturated rings. The van der Waals surface area contributed by atoms with Gasteiger partial charge in [-0.05, 0) is 11.5 Å². The minimum Gasteiger partial charge on any atom is -0.468 e. The summed E-state index contributed by atoms with van der Waals surface area (Å²) in [5.41, 5.74) is 5.79. The predicted molar refractivity (Wildman–Crippen MR) is 55.1 cm³/mol. The normalized spacial score (nSPS) is 14.0. The van der Waals surface area contributed by atoms with Crippen molar-refractivity contribution < 1.29 is 9.21 Å². The van der Waals surface area contributed by atoms with Crippen LogP contribution >= 0.6 is 0 Å². The van der Waals surface area contributed by atoms with Crippen LogP contribution in [0, 0.1) is 5.41 Å². The summed E-state index contributed by atoms with van der Waals surface area (Å²) in [6.07, 6.45) is 1.51. The Hall–Kier alpha value is -1.25. The summed E-state index contributed by atoms with van der Waals surface area (Å²) in [6, 6.07) is 1.62. The van der Waals surface area contributed by atoms with Gasteiger partial charge in [0.2, 0.25) is 0 Å². The Morgan fingerprint density at radius 3 is 2.50 bits per heavy atom. The molecule has 0 unspecified atom stereocenters. The van der Waals surface area contributed by atoms with Gasteiger partial charge in [-0.25, -0.2) is 0 Å². The summed E-state index contributed by atoms with van der Waals surface area (Å²) in [7, 11) is 0. The summed E-state index contributed by atoms with van der Waals surface area (Å²) >= 11 is 0. The van der Waals surface area contributed by atoms with Crippen LogP contribution in [0.4, 0.5) is 0 Å². The maximum absolute atomic E-state index is 11.1. The van der Waals surface area contributed by atoms with Crippen molar-refractivity contribution in [1.29, 1.82) is 0 Å². The zero-order chi connectivity index (χ0) is 10.9. The number of carbonyl (C=O) groups is 1. The highest BCUT2D eigenvalue weighted by molar-refractivity contribution is 5.93. The van der Waals surface area contributed by atoms with Gasteiger partial charge in [0.05, 0.1) is 11.8 Å². The third-order valence-corrected chi connectivity index (χ3v) is 2.65. The number of hydrogen-bond donors (Lipinski definition) is 1. The van der Waals surface area contributed by atoms with Crippen LogP contribution in [0.2, 0.25) is 0 Å². The minimum absolute atomic E-state index is 0.0576. The molecule has 0 radical (unpaired) electrons. The Kier molecular flexibility index (Phi) is 2.69. The zero-order valence-electron chi connectivity index (χ0n) is 9.13. The van der Waals surface area contributed by atoms with E-state index >= 15 is 0 Å². The SMILES string of the molecule is C[C@H](c1occc1C(N)=O)C(C)(C)C. The molecular formula is C11H17NO2. The molecule has 0 aliphatic rings. The summed E-state index contributed by atoms with van der Waals surface area (Å²) < 4.78 is 5.31. The maximum atomic E-state index is 11.1. The Balaban J connectivity index is 3.07. The molecule has 1 atom stereocenters. The Labute approximate surface area is 84.3 Å². The van der Waals surface area contributed by atoms with E-state index in [0.29, 0.717) is 11.3 Å². The van der Waals surface area contributed by atoms with Gasteiger partial charge in [0.1, 0.15) is 5.76 Å². The fourth-order valence-corrected chi connectivity index (χ4v) is 1.25. The lowest BCUT2D eigenvalue weighted by atomic mass is 9.79. The molecule has 0 saturated carbocycles. The number of amides is 1. The maximum Gasteiger partial charge on any atom is 0.252 e. The first kappa shape index (κ1) is 10.8. The van der Waals surface area contributed by atoms with Gasteiger partial charge >= 0.3 is 0 Å². The van der Waals surface area contributed by atoms with E-state index in [1.807, 2.05) is 6.92 Å². The number of carbonyl (C=O) groups excluding carboxylic acids is 1. The highest BCUT2D eigenvalue weighted by Crippen LogP contribution is 2.36. The lowest BCUT2D eigenvalue weighted by molar-refractivity contribution is 0.0996. The Morgan fingerprint density at radius 1 is 1.50 bits per heavy atom. The monoisotopic (exact) mass is 195 g/mol. The van der Waals surface area contributed by atoms with Crippen LogP contribution in [0.25, 0.3) is 0 Å². The molecule has 0 spiro atoms. The van der Waals surface area contributed by atoms with Crippen LogP contribution < -0.4 is 5.73 Å². The van der Waals surface area contributed by atoms with Crippen molar-refractivity contribution in [2.75, 3.05) is 0 Å².